The molecule has 2 unspecified atom stereocenters. The number of ether oxygens (including phenoxy) is 4. The molecular weight excluding hydrogens is 537 g/mol. The highest BCUT2D eigenvalue weighted by atomic mass is 28.5. The fourth-order valence-corrected chi connectivity index (χ4v) is 19.3. The minimum absolute atomic E-state index is 0.297. The highest BCUT2D eigenvalue weighted by molar-refractivity contribution is 6.83. The highest BCUT2D eigenvalue weighted by Gasteiger charge is 2.51. The van der Waals surface area contributed by atoms with Crippen molar-refractivity contribution in [3.8, 4) is 0 Å². The summed E-state index contributed by atoms with van der Waals surface area (Å²) in [5, 5.41) is 0. The molecule has 0 saturated carbocycles. The summed E-state index contributed by atoms with van der Waals surface area (Å²) < 4.78 is 58.9. The Morgan fingerprint density at radius 1 is 0.583 bits per heavy atom. The first-order valence-corrected chi connectivity index (χ1v) is 23.1. The lowest BCUT2D eigenvalue weighted by Gasteiger charge is -2.38. The van der Waals surface area contributed by atoms with E-state index in [-0.39, 0.29) is 0 Å². The van der Waals surface area contributed by atoms with Gasteiger partial charge in [0.1, 0.15) is 12.2 Å². The normalized spacial score (nSPS) is 20.7. The van der Waals surface area contributed by atoms with Gasteiger partial charge in [0.15, 0.2) is 16.6 Å². The Bertz CT molecular complexity index is 560. The quantitative estimate of drug-likeness (QED) is 0.100. The molecule has 2 atom stereocenters. The van der Waals surface area contributed by atoms with Crippen LogP contribution in [0, 0.1) is 0 Å². The molecule has 2 saturated heterocycles. The molecule has 0 N–H and O–H groups in total. The predicted octanol–water partition coefficient (Wildman–Crippen LogP) is 3.50. The fraction of sp³-hybridized carbons (Fsp3) is 1.00. The van der Waals surface area contributed by atoms with Crippen molar-refractivity contribution in [2.45, 2.75) is 75.4 Å². The second-order valence-electron chi connectivity index (χ2n) is 10.7. The Morgan fingerprint density at radius 2 is 0.917 bits per heavy atom. The molecule has 2 rings (SSSR count). The minimum Gasteiger partial charge on any atom is -0.416 e. The van der Waals surface area contributed by atoms with Gasteiger partial charge in [-0.1, -0.05) is 0 Å². The fourth-order valence-electron chi connectivity index (χ4n) is 4.05. The van der Waals surface area contributed by atoms with Crippen LogP contribution in [0.5, 0.6) is 0 Å². The van der Waals surface area contributed by atoms with Crippen LogP contribution in [0.15, 0.2) is 0 Å². The summed E-state index contributed by atoms with van der Waals surface area (Å²) in [4.78, 5) is 0. The molecule has 36 heavy (non-hydrogen) atoms. The molecule has 2 heterocycles. The molecule has 0 aromatic heterocycles. The van der Waals surface area contributed by atoms with E-state index in [2.05, 4.69) is 26.2 Å². The number of rotatable bonds is 23. The Morgan fingerprint density at radius 3 is 1.19 bits per heavy atom. The van der Waals surface area contributed by atoms with E-state index in [0.717, 1.165) is 38.1 Å². The largest absolute Gasteiger partial charge is 0.489 e. The summed E-state index contributed by atoms with van der Waals surface area (Å²) in [5.74, 6) is 0. The lowest BCUT2D eigenvalue weighted by Crippen LogP contribution is -2.56. The van der Waals surface area contributed by atoms with Crippen LogP contribution in [0.25, 0.3) is 0 Å². The smallest absolute Gasteiger partial charge is 0.416 e. The van der Waals surface area contributed by atoms with E-state index in [0.29, 0.717) is 50.7 Å². The van der Waals surface area contributed by atoms with E-state index in [1.165, 1.54) is 0 Å². The van der Waals surface area contributed by atoms with Gasteiger partial charge in [-0.3, -0.25) is 0 Å². The highest BCUT2D eigenvalue weighted by Crippen LogP contribution is 2.31. The molecular formula is C22H50O10Si4. The van der Waals surface area contributed by atoms with Gasteiger partial charge in [-0.25, -0.2) is 0 Å². The average molecular weight is 587 g/mol. The number of hydrogen-bond donors (Lipinski definition) is 0. The van der Waals surface area contributed by atoms with Crippen LogP contribution >= 0.6 is 0 Å². The third kappa shape index (κ3) is 12.5. The molecule has 214 valence electrons. The van der Waals surface area contributed by atoms with Gasteiger partial charge >= 0.3 is 17.6 Å². The van der Waals surface area contributed by atoms with Gasteiger partial charge in [-0.05, 0) is 51.1 Å². The molecule has 10 nitrogen and oxygen atoms in total. The van der Waals surface area contributed by atoms with Crippen LogP contribution < -0.4 is 0 Å². The first kappa shape index (κ1) is 32.7. The molecule has 0 spiro atoms. The van der Waals surface area contributed by atoms with E-state index >= 15 is 0 Å². The number of hydrogen-bond acceptors (Lipinski definition) is 10. The van der Waals surface area contributed by atoms with Gasteiger partial charge in [-0.15, -0.1) is 0 Å². The van der Waals surface area contributed by atoms with Crippen molar-refractivity contribution in [3.05, 3.63) is 0 Å². The molecule has 14 heteroatoms. The molecule has 0 aromatic rings. The van der Waals surface area contributed by atoms with Crippen molar-refractivity contribution in [2.75, 3.05) is 68.1 Å². The maximum Gasteiger partial charge on any atom is 0.489 e. The van der Waals surface area contributed by atoms with Crippen molar-refractivity contribution in [1.82, 2.24) is 0 Å². The van der Waals surface area contributed by atoms with E-state index in [1.54, 1.807) is 28.4 Å². The van der Waals surface area contributed by atoms with E-state index in [1.807, 2.05) is 0 Å². The first-order chi connectivity index (χ1) is 17.0. The van der Waals surface area contributed by atoms with Crippen molar-refractivity contribution in [2.24, 2.45) is 0 Å². The van der Waals surface area contributed by atoms with E-state index in [4.69, 9.17) is 44.9 Å². The maximum absolute atomic E-state index is 6.69. The maximum atomic E-state index is 6.69. The number of epoxide rings is 2. The second-order valence-corrected chi connectivity index (χ2v) is 25.7. The SMILES string of the molecule is CO[Si](CC[Si](OC)(OC)O[Si](C)(C)CCCOCC1CO1)(OC)O[Si](C)(C)CCCOCC1CO1. The van der Waals surface area contributed by atoms with Crippen LogP contribution in [0.2, 0.25) is 50.4 Å². The zero-order valence-electron chi connectivity index (χ0n) is 23.7. The van der Waals surface area contributed by atoms with Gasteiger partial charge < -0.3 is 44.9 Å². The van der Waals surface area contributed by atoms with Gasteiger partial charge in [0.25, 0.3) is 0 Å². The molecule has 0 aromatic carbocycles. The standard InChI is InChI=1S/C22H50O10Si4/c1-23-35(24-2,31-33(5,6)13-9-11-27-17-21-19-29-21)15-16-36(25-3,26-4)32-34(7,8)14-10-12-28-18-22-20-30-22/h21-22H,9-20H2,1-8H3. The average Bonchev–Trinajstić information content (AvgIpc) is 3.76. The third-order valence-corrected chi connectivity index (χ3v) is 21.1. The van der Waals surface area contributed by atoms with Gasteiger partial charge in [0.05, 0.1) is 26.4 Å². The topological polar surface area (TPSA) is 98.9 Å². The van der Waals surface area contributed by atoms with Crippen LogP contribution in [0.3, 0.4) is 0 Å². The first-order valence-electron chi connectivity index (χ1n) is 13.0. The Labute approximate surface area is 222 Å². The van der Waals surface area contributed by atoms with Gasteiger partial charge in [-0.2, -0.15) is 0 Å². The molecule has 2 aliphatic heterocycles. The van der Waals surface area contributed by atoms with Crippen molar-refractivity contribution < 1.29 is 44.9 Å². The Kier molecular flexibility index (Phi) is 13.9. The van der Waals surface area contributed by atoms with Crippen LogP contribution in [-0.4, -0.2) is 115 Å². The predicted molar refractivity (Wildman–Crippen MR) is 146 cm³/mol. The van der Waals surface area contributed by atoms with E-state index in [9.17, 15) is 0 Å². The molecule has 0 bridgehead atoms. The monoisotopic (exact) mass is 586 g/mol. The zero-order chi connectivity index (χ0) is 26.7. The van der Waals surface area contributed by atoms with Crippen molar-refractivity contribution >= 4 is 34.2 Å². The second kappa shape index (κ2) is 15.3. The minimum atomic E-state index is -2.93. The summed E-state index contributed by atoms with van der Waals surface area (Å²) in [7, 11) is -3.28. The summed E-state index contributed by atoms with van der Waals surface area (Å²) in [5.41, 5.74) is 0. The van der Waals surface area contributed by atoms with Crippen LogP contribution in [0.4, 0.5) is 0 Å². The van der Waals surface area contributed by atoms with Gasteiger partial charge in [0, 0.05) is 53.7 Å². The summed E-state index contributed by atoms with van der Waals surface area (Å²) in [6.07, 6.45) is 2.48. The summed E-state index contributed by atoms with van der Waals surface area (Å²) in [6, 6.07) is 3.08. The van der Waals surface area contributed by atoms with Crippen LogP contribution in [0.1, 0.15) is 12.8 Å². The van der Waals surface area contributed by atoms with Crippen LogP contribution in [-0.2, 0) is 44.9 Å². The molecule has 0 amide bonds. The van der Waals surface area contributed by atoms with Crippen molar-refractivity contribution in [3.63, 3.8) is 0 Å². The van der Waals surface area contributed by atoms with E-state index < -0.39 is 34.2 Å². The summed E-state index contributed by atoms with van der Waals surface area (Å²) >= 11 is 0. The zero-order valence-corrected chi connectivity index (χ0v) is 27.7. The molecule has 0 aliphatic carbocycles. The third-order valence-electron chi connectivity index (χ3n) is 6.39. The Hall–Kier alpha value is 0.468. The molecule has 2 fully saturated rings. The lowest BCUT2D eigenvalue weighted by molar-refractivity contribution is 0.115. The van der Waals surface area contributed by atoms with Gasteiger partial charge in [0.2, 0.25) is 0 Å². The Balaban J connectivity index is 1.85. The summed E-state index contributed by atoms with van der Waals surface area (Å²) in [6.45, 7) is 13.3. The van der Waals surface area contributed by atoms with Crippen molar-refractivity contribution in [1.29, 1.82) is 0 Å². The molecule has 0 radical (unpaired) electrons. The molecule has 2 aliphatic rings. The lowest BCUT2D eigenvalue weighted by atomic mass is 10.5.